The van der Waals surface area contributed by atoms with E-state index in [0.717, 1.165) is 0 Å². The van der Waals surface area contributed by atoms with Crippen molar-refractivity contribution in [3.8, 4) is 0 Å². The third-order valence-corrected chi connectivity index (χ3v) is 8.28. The second-order valence-corrected chi connectivity index (χ2v) is 13.7. The van der Waals surface area contributed by atoms with Gasteiger partial charge in [0.1, 0.15) is 24.2 Å². The lowest BCUT2D eigenvalue weighted by Crippen LogP contribution is -2.60. The summed E-state index contributed by atoms with van der Waals surface area (Å²) in [5.74, 6) is -7.22. The van der Waals surface area contributed by atoms with Crippen molar-refractivity contribution < 1.29 is 43.8 Å². The van der Waals surface area contributed by atoms with Gasteiger partial charge in [0.05, 0.1) is 30.6 Å². The molecule has 56 heavy (non-hydrogen) atoms. The molecule has 21 heteroatoms. The van der Waals surface area contributed by atoms with Crippen molar-refractivity contribution in [2.75, 3.05) is 6.54 Å². The molecule has 0 aliphatic rings. The number of imidazole rings is 1. The maximum Gasteiger partial charge on any atom is 0.328 e. The van der Waals surface area contributed by atoms with Gasteiger partial charge < -0.3 is 64.3 Å². The number of primary amides is 1. The molecule has 0 fully saturated rings. The average Bonchev–Trinajstić information content (AvgIpc) is 3.63. The molecule has 16 N–H and O–H groups in total. The second kappa shape index (κ2) is 23.0. The van der Waals surface area contributed by atoms with Crippen LogP contribution in [0.25, 0.3) is 0 Å². The number of aliphatic hydroxyl groups excluding tert-OH is 1. The summed E-state index contributed by atoms with van der Waals surface area (Å²) in [4.78, 5) is 98.4. The number of guanidine groups is 1. The highest BCUT2D eigenvalue weighted by Crippen LogP contribution is 2.09. The number of rotatable bonds is 24. The average molecular weight is 787 g/mol. The topological polar surface area (TPSA) is 363 Å². The molecule has 2 rings (SSSR count). The van der Waals surface area contributed by atoms with Crippen LogP contribution in [0.15, 0.2) is 42.9 Å². The number of benzene rings is 1. The number of carbonyl (C=O) groups excluding carboxylic acids is 6. The minimum absolute atomic E-state index is 0.0651. The van der Waals surface area contributed by atoms with Gasteiger partial charge in [0.25, 0.3) is 0 Å². The number of hydrogen-bond acceptors (Lipinski definition) is 11. The molecule has 7 atom stereocenters. The Hall–Kier alpha value is -6.09. The van der Waals surface area contributed by atoms with Gasteiger partial charge in [-0.2, -0.15) is 0 Å². The van der Waals surface area contributed by atoms with E-state index in [2.05, 4.69) is 41.9 Å². The lowest BCUT2D eigenvalue weighted by Gasteiger charge is -2.27. The van der Waals surface area contributed by atoms with Gasteiger partial charge in [0.15, 0.2) is 12.0 Å². The molecule has 0 bridgehead atoms. The number of aliphatic hydroxyl groups is 1. The van der Waals surface area contributed by atoms with Crippen LogP contribution in [0.2, 0.25) is 0 Å². The van der Waals surface area contributed by atoms with Gasteiger partial charge in [-0.05, 0) is 37.7 Å². The molecular formula is C35H54N12O9. The molecular weight excluding hydrogens is 732 g/mol. The minimum Gasteiger partial charge on any atom is -0.480 e. The highest BCUT2D eigenvalue weighted by Gasteiger charge is 2.34. The zero-order chi connectivity index (χ0) is 41.9. The molecule has 0 spiro atoms. The molecule has 0 aliphatic heterocycles. The standard InChI is InChI=1S/C35H54N12O9/c1-18(2)12-22(36)29(50)44-25(14-21-16-40-17-42-21)31(52)46-26(15-27(37)49)32(53)43-23(10-7-11-41-35(38)39)30(51)45-24(13-20-8-5-4-6-9-20)33(54)47-28(19(3)48)34(55)56/h4-6,8-9,16-19,22-26,28,48H,7,10-15,36H2,1-3H3,(H2,37,49)(H,40,42)(H,43,53)(H,44,50)(H,45,51)(H,46,52)(H,47,54)(H,55,56)(H4,38,39,41)/t19-,22+,23+,24+,25+,26+,28+/m1/s1. The van der Waals surface area contributed by atoms with E-state index in [1.54, 1.807) is 30.3 Å². The number of aliphatic carboxylic acids is 1. The number of nitrogens with zero attached hydrogens (tertiary/aromatic N) is 1. The van der Waals surface area contributed by atoms with E-state index in [9.17, 15) is 43.8 Å². The Bertz CT molecular complexity index is 1640. The predicted octanol–water partition coefficient (Wildman–Crippen LogP) is -3.40. The molecule has 6 amide bonds. The molecule has 0 radical (unpaired) electrons. The first-order valence-corrected chi connectivity index (χ1v) is 17.9. The molecule has 0 unspecified atom stereocenters. The van der Waals surface area contributed by atoms with Crippen LogP contribution < -0.4 is 49.1 Å². The van der Waals surface area contributed by atoms with E-state index >= 15 is 0 Å². The Morgan fingerprint density at radius 3 is 1.91 bits per heavy atom. The van der Waals surface area contributed by atoms with Crippen LogP contribution in [0, 0.1) is 11.3 Å². The van der Waals surface area contributed by atoms with Gasteiger partial charge >= 0.3 is 5.97 Å². The van der Waals surface area contributed by atoms with Crippen LogP contribution in [0.5, 0.6) is 0 Å². The third-order valence-electron chi connectivity index (χ3n) is 8.28. The molecule has 1 aromatic heterocycles. The number of aromatic nitrogens is 2. The number of H-pyrrole nitrogens is 1. The number of carbonyl (C=O) groups is 7. The van der Waals surface area contributed by atoms with Gasteiger partial charge in [0.2, 0.25) is 35.4 Å². The molecule has 0 aliphatic carbocycles. The van der Waals surface area contributed by atoms with Crippen LogP contribution in [-0.2, 0) is 46.4 Å². The number of hydrogen-bond donors (Lipinski definition) is 13. The van der Waals surface area contributed by atoms with Crippen molar-refractivity contribution in [2.45, 2.75) is 102 Å². The zero-order valence-corrected chi connectivity index (χ0v) is 31.5. The largest absolute Gasteiger partial charge is 0.480 e. The molecule has 0 saturated carbocycles. The highest BCUT2D eigenvalue weighted by molar-refractivity contribution is 5.98. The normalized spacial score (nSPS) is 14.8. The van der Waals surface area contributed by atoms with E-state index < -0.39 is 90.2 Å². The smallest absolute Gasteiger partial charge is 0.328 e. The molecule has 21 nitrogen and oxygen atoms in total. The van der Waals surface area contributed by atoms with Gasteiger partial charge in [-0.1, -0.05) is 44.2 Å². The quantitative estimate of drug-likeness (QED) is 0.0281. The Morgan fingerprint density at radius 2 is 1.36 bits per heavy atom. The summed E-state index contributed by atoms with van der Waals surface area (Å²) in [6.45, 7) is 4.99. The van der Waals surface area contributed by atoms with Crippen LogP contribution in [0.3, 0.4) is 0 Å². The summed E-state index contributed by atoms with van der Waals surface area (Å²) >= 11 is 0. The van der Waals surface area contributed by atoms with E-state index in [0.29, 0.717) is 17.7 Å². The molecule has 2 aromatic rings. The van der Waals surface area contributed by atoms with Crippen LogP contribution in [0.4, 0.5) is 0 Å². The van der Waals surface area contributed by atoms with Gasteiger partial charge in [-0.25, -0.2) is 9.78 Å². The lowest BCUT2D eigenvalue weighted by molar-refractivity contribution is -0.145. The summed E-state index contributed by atoms with van der Waals surface area (Å²) in [7, 11) is 0. The maximum atomic E-state index is 13.9. The Kier molecular flexibility index (Phi) is 18.9. The summed E-state index contributed by atoms with van der Waals surface area (Å²) in [6.07, 6.45) is 0.727. The Labute approximate surface area is 323 Å². The van der Waals surface area contributed by atoms with E-state index in [4.69, 9.17) is 22.6 Å². The Balaban J connectivity index is 2.40. The second-order valence-electron chi connectivity index (χ2n) is 13.7. The molecule has 308 valence electrons. The van der Waals surface area contributed by atoms with Crippen LogP contribution in [0.1, 0.15) is 57.7 Å². The van der Waals surface area contributed by atoms with Crippen molar-refractivity contribution in [3.63, 3.8) is 0 Å². The highest BCUT2D eigenvalue weighted by atomic mass is 16.4. The van der Waals surface area contributed by atoms with Crippen molar-refractivity contribution >= 4 is 47.4 Å². The monoisotopic (exact) mass is 786 g/mol. The van der Waals surface area contributed by atoms with Crippen molar-refractivity contribution in [2.24, 2.45) is 23.1 Å². The summed E-state index contributed by atoms with van der Waals surface area (Å²) < 4.78 is 0. The summed E-state index contributed by atoms with van der Waals surface area (Å²) in [6, 6.07) is -0.0454. The summed E-state index contributed by atoms with van der Waals surface area (Å²) in [5.41, 5.74) is 17.8. The lowest BCUT2D eigenvalue weighted by atomic mass is 10.0. The summed E-state index contributed by atoms with van der Waals surface area (Å²) in [5, 5.41) is 41.7. The van der Waals surface area contributed by atoms with Crippen LogP contribution >= 0.6 is 0 Å². The molecule has 1 aromatic carbocycles. The first-order valence-electron chi connectivity index (χ1n) is 17.9. The number of carboxylic acids is 1. The van der Waals surface area contributed by atoms with Gasteiger partial charge in [0, 0.05) is 25.6 Å². The van der Waals surface area contributed by atoms with Crippen molar-refractivity contribution in [3.05, 3.63) is 54.1 Å². The number of aromatic amines is 1. The van der Waals surface area contributed by atoms with Gasteiger partial charge in [-0.3, -0.25) is 34.2 Å². The number of nitrogens with one attached hydrogen (secondary N) is 8. The van der Waals surface area contributed by atoms with E-state index in [-0.39, 0.29) is 44.1 Å². The Morgan fingerprint density at radius 1 is 0.804 bits per heavy atom. The van der Waals surface area contributed by atoms with Crippen LogP contribution in [-0.4, -0.2) is 116 Å². The number of amides is 6. The number of nitrogens with two attached hydrogens (primary N) is 3. The van der Waals surface area contributed by atoms with E-state index in [1.807, 2.05) is 13.8 Å². The zero-order valence-electron chi connectivity index (χ0n) is 31.5. The van der Waals surface area contributed by atoms with Gasteiger partial charge in [-0.15, -0.1) is 0 Å². The maximum absolute atomic E-state index is 13.9. The minimum atomic E-state index is -1.71. The van der Waals surface area contributed by atoms with Crippen molar-refractivity contribution in [1.82, 2.24) is 41.9 Å². The van der Waals surface area contributed by atoms with E-state index in [1.165, 1.54) is 19.4 Å². The predicted molar refractivity (Wildman–Crippen MR) is 202 cm³/mol. The fourth-order valence-corrected chi connectivity index (χ4v) is 5.44. The molecule has 1 heterocycles. The SMILES string of the molecule is CC(C)C[C@H](N)C(=O)N[C@@H](Cc1c[nH]cn1)C(=O)N[C@@H](CC(N)=O)C(=O)N[C@@H](CCCNC(=N)N)C(=O)N[C@@H](Cc1ccccc1)C(=O)N[C@H](C(=O)O)[C@@H](C)O. The number of carboxylic acid groups (broad SMARTS) is 1. The fourth-order valence-electron chi connectivity index (χ4n) is 5.44. The first kappa shape index (κ1) is 46.1. The molecule has 0 saturated heterocycles. The van der Waals surface area contributed by atoms with Crippen molar-refractivity contribution in [1.29, 1.82) is 5.41 Å². The first-order chi connectivity index (χ1) is 26.4. The third kappa shape index (κ3) is 16.5. The fraction of sp³-hybridized carbons (Fsp3) is 0.514.